The van der Waals surface area contributed by atoms with Crippen LogP contribution in [-0.2, 0) is 4.79 Å². The number of ether oxygens (including phenoxy) is 1. The van der Waals surface area contributed by atoms with Crippen molar-refractivity contribution in [3.05, 3.63) is 29.8 Å². The Morgan fingerprint density at radius 2 is 1.68 bits per heavy atom. The summed E-state index contributed by atoms with van der Waals surface area (Å²) < 4.78 is 5.49. The fourth-order valence-electron chi connectivity index (χ4n) is 3.99. The summed E-state index contributed by atoms with van der Waals surface area (Å²) >= 11 is 0. The zero-order valence-corrected chi connectivity index (χ0v) is 19.0. The topological polar surface area (TPSA) is 68.4 Å². The van der Waals surface area contributed by atoms with Crippen LogP contribution in [0.25, 0.3) is 0 Å². The number of carbonyl (C=O) groups is 2. The molecule has 0 aromatic heterocycles. The van der Waals surface area contributed by atoms with E-state index < -0.39 is 0 Å². The first-order valence-electron chi connectivity index (χ1n) is 11.5. The molecule has 2 amide bonds. The van der Waals surface area contributed by atoms with Crippen LogP contribution in [0.3, 0.4) is 0 Å². The first-order valence-corrected chi connectivity index (χ1v) is 11.5. The molecule has 2 aliphatic heterocycles. The van der Waals surface area contributed by atoms with Crippen LogP contribution in [0.4, 0.5) is 0 Å². The van der Waals surface area contributed by atoms with Gasteiger partial charge in [-0.25, -0.2) is 0 Å². The fraction of sp³-hybridized carbons (Fsp3) is 0.652. The molecule has 0 spiro atoms. The Morgan fingerprint density at radius 3 is 2.32 bits per heavy atom. The molecule has 8 heteroatoms. The molecule has 2 aliphatic rings. The van der Waals surface area contributed by atoms with Crippen molar-refractivity contribution in [3.8, 4) is 5.75 Å². The van der Waals surface area contributed by atoms with E-state index in [0.29, 0.717) is 31.7 Å². The van der Waals surface area contributed by atoms with E-state index in [-0.39, 0.29) is 11.8 Å². The van der Waals surface area contributed by atoms with Gasteiger partial charge < -0.3 is 24.8 Å². The highest BCUT2D eigenvalue weighted by Crippen LogP contribution is 2.14. The Morgan fingerprint density at radius 1 is 1.00 bits per heavy atom. The smallest absolute Gasteiger partial charge is 0.253 e. The van der Waals surface area contributed by atoms with E-state index >= 15 is 0 Å². The number of piperazine rings is 2. The average Bonchev–Trinajstić information content (AvgIpc) is 2.81. The monoisotopic (exact) mass is 431 g/mol. The molecular weight excluding hydrogens is 394 g/mol. The van der Waals surface area contributed by atoms with Crippen LogP contribution < -0.4 is 10.1 Å². The van der Waals surface area contributed by atoms with Crippen molar-refractivity contribution in [2.75, 3.05) is 85.6 Å². The summed E-state index contributed by atoms with van der Waals surface area (Å²) in [6.07, 6.45) is 0.367. The predicted octanol–water partition coefficient (Wildman–Crippen LogP) is 0.597. The molecule has 0 aliphatic carbocycles. The molecule has 3 rings (SSSR count). The lowest BCUT2D eigenvalue weighted by Crippen LogP contribution is -2.49. The number of benzene rings is 1. The van der Waals surface area contributed by atoms with Crippen LogP contribution in [0, 0.1) is 0 Å². The van der Waals surface area contributed by atoms with E-state index in [4.69, 9.17) is 4.74 Å². The summed E-state index contributed by atoms with van der Waals surface area (Å²) in [5.74, 6) is 0.868. The van der Waals surface area contributed by atoms with Gasteiger partial charge in [-0.05, 0) is 38.2 Å². The van der Waals surface area contributed by atoms with Gasteiger partial charge >= 0.3 is 0 Å². The second kappa shape index (κ2) is 12.0. The second-order valence-electron chi connectivity index (χ2n) is 8.28. The van der Waals surface area contributed by atoms with E-state index in [9.17, 15) is 9.59 Å². The highest BCUT2D eigenvalue weighted by Gasteiger charge is 2.22. The molecule has 31 heavy (non-hydrogen) atoms. The van der Waals surface area contributed by atoms with Gasteiger partial charge in [-0.15, -0.1) is 0 Å². The first kappa shape index (κ1) is 23.5. The van der Waals surface area contributed by atoms with Gasteiger partial charge in [-0.2, -0.15) is 0 Å². The Balaban J connectivity index is 1.60. The van der Waals surface area contributed by atoms with E-state index in [1.807, 2.05) is 41.0 Å². The molecular formula is C23H37N5O3. The van der Waals surface area contributed by atoms with Gasteiger partial charge in [0.25, 0.3) is 5.91 Å². The second-order valence-corrected chi connectivity index (χ2v) is 8.28. The van der Waals surface area contributed by atoms with Crippen molar-refractivity contribution in [1.29, 1.82) is 0 Å². The van der Waals surface area contributed by atoms with Gasteiger partial charge in [0.05, 0.1) is 6.61 Å². The lowest BCUT2D eigenvalue weighted by atomic mass is 10.1. The third-order valence-corrected chi connectivity index (χ3v) is 6.05. The molecule has 1 N–H and O–H groups in total. The van der Waals surface area contributed by atoms with Gasteiger partial charge in [-0.1, -0.05) is 0 Å². The molecule has 1 aromatic rings. The third-order valence-electron chi connectivity index (χ3n) is 6.05. The molecule has 8 nitrogen and oxygen atoms in total. The SMILES string of the molecule is CCOc1ccc(C(=O)N(CCC(=O)N2CCNCC2)CCN2CCN(C)CC2)cc1. The van der Waals surface area contributed by atoms with Crippen molar-refractivity contribution in [2.45, 2.75) is 13.3 Å². The zero-order valence-electron chi connectivity index (χ0n) is 19.0. The summed E-state index contributed by atoms with van der Waals surface area (Å²) in [5.41, 5.74) is 0.636. The maximum absolute atomic E-state index is 13.3. The largest absolute Gasteiger partial charge is 0.494 e. The quantitative estimate of drug-likeness (QED) is 0.618. The molecule has 0 unspecified atom stereocenters. The number of hydrogen-bond acceptors (Lipinski definition) is 6. The highest BCUT2D eigenvalue weighted by molar-refractivity contribution is 5.94. The standard InChI is InChI=1S/C23H37N5O3/c1-3-31-21-6-4-20(5-7-21)23(30)28(19-18-26-16-14-25(2)15-17-26)11-8-22(29)27-12-9-24-10-13-27/h4-7,24H,3,8-19H2,1-2H3. The maximum Gasteiger partial charge on any atom is 0.253 e. The average molecular weight is 432 g/mol. The summed E-state index contributed by atoms with van der Waals surface area (Å²) in [4.78, 5) is 34.4. The molecule has 0 radical (unpaired) electrons. The number of likely N-dealkylation sites (N-methyl/N-ethyl adjacent to an activating group) is 1. The minimum absolute atomic E-state index is 0.0229. The number of rotatable bonds is 9. The Kier molecular flexibility index (Phi) is 9.12. The minimum atomic E-state index is -0.0229. The summed E-state index contributed by atoms with van der Waals surface area (Å²) in [7, 11) is 2.14. The van der Waals surface area contributed by atoms with E-state index in [0.717, 1.165) is 64.7 Å². The molecule has 2 saturated heterocycles. The highest BCUT2D eigenvalue weighted by atomic mass is 16.5. The zero-order chi connectivity index (χ0) is 22.1. The van der Waals surface area contributed by atoms with Gasteiger partial charge in [0.1, 0.15) is 5.75 Å². The minimum Gasteiger partial charge on any atom is -0.494 e. The van der Waals surface area contributed by atoms with Crippen molar-refractivity contribution >= 4 is 11.8 Å². The summed E-state index contributed by atoms with van der Waals surface area (Å²) in [6.45, 7) is 11.7. The predicted molar refractivity (Wildman–Crippen MR) is 122 cm³/mol. The van der Waals surface area contributed by atoms with Crippen molar-refractivity contribution in [3.63, 3.8) is 0 Å². The van der Waals surface area contributed by atoms with E-state index in [1.165, 1.54) is 0 Å². The number of nitrogens with zero attached hydrogens (tertiary/aromatic N) is 4. The molecule has 0 atom stereocenters. The molecule has 1 aromatic carbocycles. The number of nitrogens with one attached hydrogen (secondary N) is 1. The van der Waals surface area contributed by atoms with Crippen LogP contribution in [0.5, 0.6) is 5.75 Å². The summed E-state index contributed by atoms with van der Waals surface area (Å²) in [5, 5.41) is 3.27. The van der Waals surface area contributed by atoms with Crippen molar-refractivity contribution < 1.29 is 14.3 Å². The van der Waals surface area contributed by atoms with Gasteiger partial charge in [0.15, 0.2) is 0 Å². The number of amides is 2. The van der Waals surface area contributed by atoms with Crippen LogP contribution in [0.1, 0.15) is 23.7 Å². The lowest BCUT2D eigenvalue weighted by Gasteiger charge is -2.34. The maximum atomic E-state index is 13.3. The van der Waals surface area contributed by atoms with E-state index in [1.54, 1.807) is 0 Å². The molecule has 0 bridgehead atoms. The Bertz CT molecular complexity index is 698. The Hall–Kier alpha value is -2.16. The van der Waals surface area contributed by atoms with Crippen molar-refractivity contribution in [1.82, 2.24) is 24.9 Å². The lowest BCUT2D eigenvalue weighted by molar-refractivity contribution is -0.131. The van der Waals surface area contributed by atoms with Crippen LogP contribution >= 0.6 is 0 Å². The molecule has 2 fully saturated rings. The van der Waals surface area contributed by atoms with Crippen LogP contribution in [0.2, 0.25) is 0 Å². The van der Waals surface area contributed by atoms with Gasteiger partial charge in [0, 0.05) is 84.0 Å². The number of carbonyl (C=O) groups excluding carboxylic acids is 2. The van der Waals surface area contributed by atoms with E-state index in [2.05, 4.69) is 22.2 Å². The summed E-state index contributed by atoms with van der Waals surface area (Å²) in [6, 6.07) is 7.30. The number of hydrogen-bond donors (Lipinski definition) is 1. The van der Waals surface area contributed by atoms with Crippen molar-refractivity contribution in [2.24, 2.45) is 0 Å². The van der Waals surface area contributed by atoms with Crippen LogP contribution in [0.15, 0.2) is 24.3 Å². The first-order chi connectivity index (χ1) is 15.1. The van der Waals surface area contributed by atoms with Gasteiger partial charge in [-0.3, -0.25) is 14.5 Å². The normalized spacial score (nSPS) is 18.1. The fourth-order valence-corrected chi connectivity index (χ4v) is 3.99. The molecule has 2 heterocycles. The van der Waals surface area contributed by atoms with Gasteiger partial charge in [0.2, 0.25) is 5.91 Å². The van der Waals surface area contributed by atoms with Crippen LogP contribution in [-0.4, -0.2) is 117 Å². The Labute approximate surface area is 186 Å². The third kappa shape index (κ3) is 7.19. The molecule has 172 valence electrons. The molecule has 0 saturated carbocycles.